The summed E-state index contributed by atoms with van der Waals surface area (Å²) in [6.07, 6.45) is 1.75. The number of halogens is 1. The summed E-state index contributed by atoms with van der Waals surface area (Å²) in [6, 6.07) is 20.8. The number of urea groups is 1. The Bertz CT molecular complexity index is 1420. The Morgan fingerprint density at radius 3 is 2.47 bits per heavy atom. The van der Waals surface area contributed by atoms with Gasteiger partial charge in [0.1, 0.15) is 11.5 Å². The lowest BCUT2D eigenvalue weighted by Gasteiger charge is -2.09. The van der Waals surface area contributed by atoms with Crippen LogP contribution >= 0.6 is 0 Å². The number of H-pyrrole nitrogens is 1. The van der Waals surface area contributed by atoms with Crippen molar-refractivity contribution in [3.63, 3.8) is 0 Å². The van der Waals surface area contributed by atoms with Crippen molar-refractivity contribution in [2.75, 3.05) is 10.6 Å². The number of anilines is 2. The fraction of sp³-hybridized carbons (Fsp3) is 0.0417. The fourth-order valence-electron chi connectivity index (χ4n) is 3.61. The molecule has 0 fully saturated rings. The number of nitrogens with zero attached hydrogens (tertiary/aromatic N) is 3. The van der Waals surface area contributed by atoms with Crippen LogP contribution in [0.1, 0.15) is 0 Å². The highest BCUT2D eigenvalue weighted by Gasteiger charge is 2.12. The summed E-state index contributed by atoms with van der Waals surface area (Å²) in [4.78, 5) is 12.2. The maximum absolute atomic E-state index is 13.3. The van der Waals surface area contributed by atoms with E-state index >= 15 is 0 Å². The predicted octanol–water partition coefficient (Wildman–Crippen LogP) is 5.41. The average molecular weight is 426 g/mol. The van der Waals surface area contributed by atoms with Gasteiger partial charge in [-0.05, 0) is 59.7 Å². The Hall–Kier alpha value is -4.46. The summed E-state index contributed by atoms with van der Waals surface area (Å²) in [6.45, 7) is 0. The van der Waals surface area contributed by atoms with Gasteiger partial charge in [-0.1, -0.05) is 24.3 Å². The van der Waals surface area contributed by atoms with Crippen molar-refractivity contribution >= 4 is 28.3 Å². The molecule has 3 aromatic carbocycles. The van der Waals surface area contributed by atoms with E-state index in [0.717, 1.165) is 33.4 Å². The first-order chi connectivity index (χ1) is 15.6. The third kappa shape index (κ3) is 3.81. The molecule has 3 N–H and O–H groups in total. The smallest absolute Gasteiger partial charge is 0.308 e. The van der Waals surface area contributed by atoms with Gasteiger partial charge in [-0.15, -0.1) is 0 Å². The molecule has 0 aliphatic heterocycles. The second-order valence-electron chi connectivity index (χ2n) is 7.34. The Morgan fingerprint density at radius 2 is 1.72 bits per heavy atom. The molecule has 0 unspecified atom stereocenters. The minimum atomic E-state index is -0.440. The molecule has 32 heavy (non-hydrogen) atoms. The Balaban J connectivity index is 1.32. The van der Waals surface area contributed by atoms with Crippen molar-refractivity contribution in [2.45, 2.75) is 0 Å². The number of benzene rings is 3. The van der Waals surface area contributed by atoms with Gasteiger partial charge in [0, 0.05) is 30.0 Å². The minimum Gasteiger partial charge on any atom is -0.308 e. The van der Waals surface area contributed by atoms with Crippen molar-refractivity contribution in [1.29, 1.82) is 0 Å². The Kier molecular flexibility index (Phi) is 4.87. The number of carbonyl (C=O) groups is 1. The maximum atomic E-state index is 13.3. The average Bonchev–Trinajstić information content (AvgIpc) is 3.39. The molecule has 0 radical (unpaired) electrons. The summed E-state index contributed by atoms with van der Waals surface area (Å²) in [7, 11) is 1.89. The van der Waals surface area contributed by atoms with E-state index in [1.54, 1.807) is 16.9 Å². The molecule has 0 aliphatic rings. The van der Waals surface area contributed by atoms with Crippen LogP contribution in [0.2, 0.25) is 0 Å². The number of aromatic nitrogens is 4. The molecule has 5 rings (SSSR count). The molecule has 2 aromatic heterocycles. The molecule has 0 bridgehead atoms. The van der Waals surface area contributed by atoms with Crippen molar-refractivity contribution in [1.82, 2.24) is 20.0 Å². The number of hydrogen-bond acceptors (Lipinski definition) is 3. The highest BCUT2D eigenvalue weighted by atomic mass is 19.1. The zero-order valence-corrected chi connectivity index (χ0v) is 17.1. The molecule has 0 saturated carbocycles. The topological polar surface area (TPSA) is 87.6 Å². The SMILES string of the molecule is Cn1nccc1-c1n[nH]c2cc(-c3ccc(NC(=O)Nc4cccc(F)c4)cc3)ccc12. The zero-order valence-electron chi connectivity index (χ0n) is 17.1. The fourth-order valence-corrected chi connectivity index (χ4v) is 3.61. The van der Waals surface area contributed by atoms with Gasteiger partial charge in [0.2, 0.25) is 0 Å². The molecule has 2 amide bonds. The molecular weight excluding hydrogens is 407 g/mol. The van der Waals surface area contributed by atoms with Gasteiger partial charge in [-0.3, -0.25) is 9.78 Å². The molecule has 8 heteroatoms. The van der Waals surface area contributed by atoms with Crippen LogP contribution in [-0.4, -0.2) is 26.0 Å². The van der Waals surface area contributed by atoms with E-state index in [0.29, 0.717) is 11.4 Å². The van der Waals surface area contributed by atoms with Crippen molar-refractivity contribution in [2.24, 2.45) is 7.05 Å². The van der Waals surface area contributed by atoms with Crippen LogP contribution in [0.4, 0.5) is 20.6 Å². The number of rotatable bonds is 4. The minimum absolute atomic E-state index is 0.387. The van der Waals surface area contributed by atoms with Gasteiger partial charge < -0.3 is 10.6 Å². The van der Waals surface area contributed by atoms with Crippen LogP contribution < -0.4 is 10.6 Å². The van der Waals surface area contributed by atoms with E-state index in [1.807, 2.05) is 55.6 Å². The molecule has 158 valence electrons. The number of amides is 2. The van der Waals surface area contributed by atoms with E-state index in [4.69, 9.17) is 0 Å². The van der Waals surface area contributed by atoms with Crippen molar-refractivity contribution in [3.05, 3.63) is 84.8 Å². The van der Waals surface area contributed by atoms with Crippen LogP contribution in [-0.2, 0) is 7.05 Å². The van der Waals surface area contributed by atoms with Gasteiger partial charge in [0.25, 0.3) is 0 Å². The summed E-state index contributed by atoms with van der Waals surface area (Å²) < 4.78 is 15.0. The lowest BCUT2D eigenvalue weighted by atomic mass is 10.0. The molecular formula is C24H19FN6O. The summed E-state index contributed by atoms with van der Waals surface area (Å²) in [5, 5.41) is 18.1. The highest BCUT2D eigenvalue weighted by molar-refractivity contribution is 6.00. The monoisotopic (exact) mass is 426 g/mol. The summed E-state index contributed by atoms with van der Waals surface area (Å²) >= 11 is 0. The lowest BCUT2D eigenvalue weighted by Crippen LogP contribution is -2.19. The standard InChI is InChI=1S/C24H19FN6O/c1-31-22(11-12-26-31)23-20-10-7-16(13-21(20)29-30-23)15-5-8-18(9-6-15)27-24(32)28-19-4-2-3-17(25)14-19/h2-14H,1H3,(H,29,30)(H2,27,28,32). The van der Waals surface area contributed by atoms with Gasteiger partial charge in [-0.25, -0.2) is 9.18 Å². The molecule has 0 atom stereocenters. The molecule has 7 nitrogen and oxygen atoms in total. The van der Waals surface area contributed by atoms with Crippen molar-refractivity contribution in [3.8, 4) is 22.5 Å². The molecule has 0 spiro atoms. The largest absolute Gasteiger partial charge is 0.323 e. The second-order valence-corrected chi connectivity index (χ2v) is 7.34. The van der Waals surface area contributed by atoms with Crippen LogP contribution in [0.3, 0.4) is 0 Å². The van der Waals surface area contributed by atoms with Crippen LogP contribution in [0.25, 0.3) is 33.4 Å². The van der Waals surface area contributed by atoms with Crippen LogP contribution in [0, 0.1) is 5.82 Å². The zero-order chi connectivity index (χ0) is 22.1. The molecule has 0 aliphatic carbocycles. The molecule has 0 saturated heterocycles. The Labute approximate surface area is 182 Å². The first kappa shape index (κ1) is 19.5. The van der Waals surface area contributed by atoms with Gasteiger partial charge in [-0.2, -0.15) is 10.2 Å². The normalized spacial score (nSPS) is 10.9. The van der Waals surface area contributed by atoms with E-state index in [-0.39, 0.29) is 0 Å². The number of carbonyl (C=O) groups excluding carboxylic acids is 1. The third-order valence-corrected chi connectivity index (χ3v) is 5.18. The molecule has 2 heterocycles. The maximum Gasteiger partial charge on any atom is 0.323 e. The summed E-state index contributed by atoms with van der Waals surface area (Å²) in [5.74, 6) is -0.408. The van der Waals surface area contributed by atoms with Crippen molar-refractivity contribution < 1.29 is 9.18 Å². The number of aromatic amines is 1. The number of hydrogen-bond donors (Lipinski definition) is 3. The van der Waals surface area contributed by atoms with E-state index in [9.17, 15) is 9.18 Å². The lowest BCUT2D eigenvalue weighted by molar-refractivity contribution is 0.262. The number of nitrogens with one attached hydrogen (secondary N) is 3. The van der Waals surface area contributed by atoms with Crippen LogP contribution in [0.15, 0.2) is 79.0 Å². The quantitative estimate of drug-likeness (QED) is 0.359. The second kappa shape index (κ2) is 7.99. The van der Waals surface area contributed by atoms with Gasteiger partial charge in [0.05, 0.1) is 11.2 Å². The highest BCUT2D eigenvalue weighted by Crippen LogP contribution is 2.30. The Morgan fingerprint density at radius 1 is 0.938 bits per heavy atom. The van der Waals surface area contributed by atoms with Crippen LogP contribution in [0.5, 0.6) is 0 Å². The predicted molar refractivity (Wildman–Crippen MR) is 123 cm³/mol. The first-order valence-corrected chi connectivity index (χ1v) is 9.97. The van der Waals surface area contributed by atoms with Gasteiger partial charge in [0.15, 0.2) is 0 Å². The number of aryl methyl sites for hydroxylation is 1. The number of fused-ring (bicyclic) bond motifs is 1. The third-order valence-electron chi connectivity index (χ3n) is 5.18. The first-order valence-electron chi connectivity index (χ1n) is 9.97. The van der Waals surface area contributed by atoms with Gasteiger partial charge >= 0.3 is 6.03 Å². The van der Waals surface area contributed by atoms with E-state index in [2.05, 4.69) is 25.9 Å². The summed E-state index contributed by atoms with van der Waals surface area (Å²) in [5.41, 5.74) is 5.76. The van der Waals surface area contributed by atoms with E-state index < -0.39 is 11.8 Å². The van der Waals surface area contributed by atoms with E-state index in [1.165, 1.54) is 18.2 Å². The molecule has 5 aromatic rings.